The third-order valence-electron chi connectivity index (χ3n) is 3.37. The molecule has 0 N–H and O–H groups in total. The fraction of sp³-hybridized carbons (Fsp3) is 0.176. The molecule has 4 heteroatoms. The Morgan fingerprint density at radius 3 is 2.76 bits per heavy atom. The van der Waals surface area contributed by atoms with Crippen molar-refractivity contribution in [2.45, 2.75) is 20.4 Å². The Morgan fingerprint density at radius 2 is 2.00 bits per heavy atom. The predicted molar refractivity (Wildman–Crippen MR) is 86.6 cm³/mol. The summed E-state index contributed by atoms with van der Waals surface area (Å²) in [6.07, 6.45) is 0. The summed E-state index contributed by atoms with van der Waals surface area (Å²) in [6, 6.07) is 15.7. The molecule has 0 fully saturated rings. The number of carbonyl (C=O) groups is 1. The van der Waals surface area contributed by atoms with Gasteiger partial charge in [-0.25, -0.2) is 0 Å². The molecule has 3 nitrogen and oxygen atoms in total. The summed E-state index contributed by atoms with van der Waals surface area (Å²) in [5.74, 6) is -0.188. The van der Waals surface area contributed by atoms with Crippen LogP contribution >= 0.6 is 11.3 Å². The van der Waals surface area contributed by atoms with E-state index in [1.54, 1.807) is 11.3 Å². The maximum Gasteiger partial charge on any atom is 0.279 e. The monoisotopic (exact) mass is 296 g/mol. The van der Waals surface area contributed by atoms with Crippen LogP contribution < -0.4 is 4.80 Å². The highest BCUT2D eigenvalue weighted by Gasteiger charge is 2.07. The van der Waals surface area contributed by atoms with E-state index in [1.165, 1.54) is 0 Å². The number of aromatic nitrogens is 1. The van der Waals surface area contributed by atoms with Crippen molar-refractivity contribution in [3.8, 4) is 0 Å². The van der Waals surface area contributed by atoms with Crippen molar-refractivity contribution in [1.82, 2.24) is 4.57 Å². The molecule has 1 aromatic heterocycles. The molecule has 0 aliphatic rings. The number of nitrogens with zero attached hydrogens (tertiary/aromatic N) is 2. The Labute approximate surface area is 127 Å². The summed E-state index contributed by atoms with van der Waals surface area (Å²) >= 11 is 1.55. The lowest BCUT2D eigenvalue weighted by atomic mass is 10.1. The number of benzene rings is 2. The van der Waals surface area contributed by atoms with Gasteiger partial charge in [0.15, 0.2) is 4.80 Å². The van der Waals surface area contributed by atoms with Gasteiger partial charge in [-0.2, -0.15) is 4.99 Å². The van der Waals surface area contributed by atoms with Crippen molar-refractivity contribution < 1.29 is 4.79 Å². The van der Waals surface area contributed by atoms with Crippen LogP contribution in [0.2, 0.25) is 0 Å². The van der Waals surface area contributed by atoms with Crippen molar-refractivity contribution in [1.29, 1.82) is 0 Å². The molecule has 0 aliphatic carbocycles. The van der Waals surface area contributed by atoms with Crippen LogP contribution in [0, 0.1) is 6.92 Å². The van der Waals surface area contributed by atoms with Gasteiger partial charge in [0, 0.05) is 12.1 Å². The summed E-state index contributed by atoms with van der Waals surface area (Å²) < 4.78 is 3.23. The molecule has 0 saturated carbocycles. The van der Waals surface area contributed by atoms with Crippen LogP contribution in [0.15, 0.2) is 53.5 Å². The van der Waals surface area contributed by atoms with Gasteiger partial charge in [0.05, 0.1) is 10.2 Å². The van der Waals surface area contributed by atoms with E-state index in [2.05, 4.69) is 28.6 Å². The molecule has 0 spiro atoms. The van der Waals surface area contributed by atoms with Crippen LogP contribution in [-0.2, 0) is 6.54 Å². The Kier molecular flexibility index (Phi) is 3.71. The first-order chi connectivity index (χ1) is 10.2. The van der Waals surface area contributed by atoms with E-state index in [0.29, 0.717) is 5.56 Å². The average molecular weight is 296 g/mol. The second-order valence-electron chi connectivity index (χ2n) is 4.88. The van der Waals surface area contributed by atoms with Gasteiger partial charge < -0.3 is 4.57 Å². The Bertz CT molecular complexity index is 874. The summed E-state index contributed by atoms with van der Waals surface area (Å²) in [5.41, 5.74) is 2.83. The second-order valence-corrected chi connectivity index (χ2v) is 5.89. The van der Waals surface area contributed by atoms with Crippen LogP contribution in [0.1, 0.15) is 22.8 Å². The first kappa shape index (κ1) is 13.8. The number of carbonyl (C=O) groups excluding carboxylic acids is 1. The summed E-state index contributed by atoms with van der Waals surface area (Å²) in [4.78, 5) is 17.4. The van der Waals surface area contributed by atoms with Gasteiger partial charge in [0.1, 0.15) is 0 Å². The van der Waals surface area contributed by atoms with Gasteiger partial charge in [-0.3, -0.25) is 4.79 Å². The molecule has 0 unspecified atom stereocenters. The SMILES string of the molecule is CCn1c(=NC(=O)c2cccc(C)c2)sc2ccccc21. The number of thiazole rings is 1. The van der Waals surface area contributed by atoms with Crippen LogP contribution in [0.5, 0.6) is 0 Å². The smallest absolute Gasteiger partial charge is 0.279 e. The molecule has 0 atom stereocenters. The van der Waals surface area contributed by atoms with Gasteiger partial charge in [-0.1, -0.05) is 41.2 Å². The van der Waals surface area contributed by atoms with Crippen molar-refractivity contribution >= 4 is 27.5 Å². The maximum absolute atomic E-state index is 12.3. The number of fused-ring (bicyclic) bond motifs is 1. The van der Waals surface area contributed by atoms with E-state index >= 15 is 0 Å². The molecular weight excluding hydrogens is 280 g/mol. The fourth-order valence-electron chi connectivity index (χ4n) is 2.34. The van der Waals surface area contributed by atoms with Crippen molar-refractivity contribution in [2.24, 2.45) is 4.99 Å². The summed E-state index contributed by atoms with van der Waals surface area (Å²) in [5, 5.41) is 0. The molecule has 1 heterocycles. The topological polar surface area (TPSA) is 34.4 Å². The van der Waals surface area contributed by atoms with Gasteiger partial charge >= 0.3 is 0 Å². The standard InChI is InChI=1S/C17H16N2OS/c1-3-19-14-9-4-5-10-15(14)21-17(19)18-16(20)13-8-6-7-12(2)11-13/h4-11H,3H2,1-2H3. The minimum Gasteiger partial charge on any atom is -0.317 e. The first-order valence-electron chi connectivity index (χ1n) is 6.93. The average Bonchev–Trinajstić information content (AvgIpc) is 2.84. The van der Waals surface area contributed by atoms with E-state index in [-0.39, 0.29) is 5.91 Å². The summed E-state index contributed by atoms with van der Waals surface area (Å²) in [6.45, 7) is 4.84. The van der Waals surface area contributed by atoms with Gasteiger partial charge in [0.2, 0.25) is 0 Å². The lowest BCUT2D eigenvalue weighted by molar-refractivity contribution is 0.0998. The van der Waals surface area contributed by atoms with Crippen molar-refractivity contribution in [3.63, 3.8) is 0 Å². The van der Waals surface area contributed by atoms with E-state index in [1.807, 2.05) is 43.3 Å². The molecule has 3 rings (SSSR count). The zero-order chi connectivity index (χ0) is 14.8. The molecule has 1 amide bonds. The maximum atomic E-state index is 12.3. The lowest BCUT2D eigenvalue weighted by Crippen LogP contribution is -2.15. The molecule has 0 bridgehead atoms. The molecule has 3 aromatic rings. The third kappa shape index (κ3) is 2.67. The largest absolute Gasteiger partial charge is 0.317 e. The van der Waals surface area contributed by atoms with E-state index < -0.39 is 0 Å². The Hall–Kier alpha value is -2.20. The first-order valence-corrected chi connectivity index (χ1v) is 7.75. The Morgan fingerprint density at radius 1 is 1.19 bits per heavy atom. The number of amides is 1. The summed E-state index contributed by atoms with van der Waals surface area (Å²) in [7, 11) is 0. The molecule has 21 heavy (non-hydrogen) atoms. The normalized spacial score (nSPS) is 12.0. The van der Waals surface area contributed by atoms with Crippen LogP contribution in [0.4, 0.5) is 0 Å². The van der Waals surface area contributed by atoms with Crippen LogP contribution in [-0.4, -0.2) is 10.5 Å². The van der Waals surface area contributed by atoms with Crippen molar-refractivity contribution in [3.05, 3.63) is 64.5 Å². The number of hydrogen-bond donors (Lipinski definition) is 0. The molecule has 2 aromatic carbocycles. The van der Waals surface area contributed by atoms with Crippen molar-refractivity contribution in [2.75, 3.05) is 0 Å². The highest BCUT2D eigenvalue weighted by molar-refractivity contribution is 7.16. The molecule has 0 saturated heterocycles. The highest BCUT2D eigenvalue weighted by Crippen LogP contribution is 2.16. The molecule has 0 aliphatic heterocycles. The minimum atomic E-state index is -0.188. The fourth-order valence-corrected chi connectivity index (χ4v) is 3.43. The predicted octanol–water partition coefficient (Wildman–Crippen LogP) is 3.77. The number of hydrogen-bond acceptors (Lipinski definition) is 2. The third-order valence-corrected chi connectivity index (χ3v) is 4.43. The molecule has 106 valence electrons. The van der Waals surface area contributed by atoms with E-state index in [0.717, 1.165) is 27.1 Å². The van der Waals surface area contributed by atoms with E-state index in [9.17, 15) is 4.79 Å². The van der Waals surface area contributed by atoms with Crippen LogP contribution in [0.3, 0.4) is 0 Å². The lowest BCUT2D eigenvalue weighted by Gasteiger charge is -2.00. The van der Waals surface area contributed by atoms with Gasteiger partial charge in [-0.05, 0) is 38.1 Å². The zero-order valence-corrected chi connectivity index (χ0v) is 12.9. The highest BCUT2D eigenvalue weighted by atomic mass is 32.1. The molecule has 0 radical (unpaired) electrons. The number of para-hydroxylation sites is 1. The Balaban J connectivity index is 2.13. The van der Waals surface area contributed by atoms with Crippen LogP contribution in [0.25, 0.3) is 10.2 Å². The quantitative estimate of drug-likeness (QED) is 0.709. The van der Waals surface area contributed by atoms with Gasteiger partial charge in [-0.15, -0.1) is 0 Å². The minimum absolute atomic E-state index is 0.188. The molecular formula is C17H16N2OS. The van der Waals surface area contributed by atoms with E-state index in [4.69, 9.17) is 0 Å². The second kappa shape index (κ2) is 5.66. The van der Waals surface area contributed by atoms with Gasteiger partial charge in [0.25, 0.3) is 5.91 Å². The number of rotatable bonds is 2. The zero-order valence-electron chi connectivity index (χ0n) is 12.0. The number of aryl methyl sites for hydroxylation is 2.